The molecule has 3 aromatic rings. The van der Waals surface area contributed by atoms with Crippen molar-refractivity contribution in [1.29, 1.82) is 0 Å². The van der Waals surface area contributed by atoms with E-state index in [1.165, 1.54) is 72.1 Å². The number of fused-ring (bicyclic) bond motifs is 2. The van der Waals surface area contributed by atoms with Crippen LogP contribution in [0.25, 0.3) is 17.0 Å². The van der Waals surface area contributed by atoms with Crippen molar-refractivity contribution < 1.29 is 0 Å². The molecule has 4 rings (SSSR count). The first-order chi connectivity index (χ1) is 13.1. The van der Waals surface area contributed by atoms with Crippen LogP contribution in [-0.2, 0) is 11.8 Å². The van der Waals surface area contributed by atoms with Crippen LogP contribution < -0.4 is 0 Å². The van der Waals surface area contributed by atoms with Crippen molar-refractivity contribution in [2.75, 3.05) is 0 Å². The van der Waals surface area contributed by atoms with Crippen LogP contribution in [0.1, 0.15) is 69.5 Å². The highest BCUT2D eigenvalue weighted by Crippen LogP contribution is 2.46. The fraction of sp³-hybridized carbons (Fsp3) is 0.407. The van der Waals surface area contributed by atoms with E-state index in [0.29, 0.717) is 0 Å². The Morgan fingerprint density at radius 2 is 1.46 bits per heavy atom. The fourth-order valence-corrected chi connectivity index (χ4v) is 5.29. The predicted molar refractivity (Wildman–Crippen MR) is 123 cm³/mol. The highest BCUT2D eigenvalue weighted by molar-refractivity contribution is 5.93. The molecule has 2 aromatic carbocycles. The average Bonchev–Trinajstić information content (AvgIpc) is 3.23. The van der Waals surface area contributed by atoms with Gasteiger partial charge in [0.05, 0.1) is 0 Å². The average molecular weight is 372 g/mol. The van der Waals surface area contributed by atoms with Crippen LogP contribution in [0.15, 0.2) is 17.8 Å². The zero-order valence-electron chi connectivity index (χ0n) is 18.9. The number of aromatic nitrogens is 1. The Hall–Kier alpha value is -2.28. The number of aromatic amines is 1. The molecule has 1 heterocycles. The van der Waals surface area contributed by atoms with E-state index in [1.54, 1.807) is 0 Å². The molecule has 0 unspecified atom stereocenters. The van der Waals surface area contributed by atoms with Crippen molar-refractivity contribution in [2.24, 2.45) is 0 Å². The maximum atomic E-state index is 3.55. The molecule has 0 saturated carbocycles. The first-order valence-electron chi connectivity index (χ1n) is 10.4. The standard InChI is InChI=1S/C27H33N/c1-14-10-21-11-22(12-23(21)18(5)16(14)3)27(8,9)25-19(6)17(4)20(7)26-24(25)15(2)13-28-26/h10,12-13,28H,11H2,1-9H3. The smallest absolute Gasteiger partial charge is 0.0492 e. The van der Waals surface area contributed by atoms with Crippen LogP contribution in [0.4, 0.5) is 0 Å². The number of hydrogen-bond donors (Lipinski definition) is 1. The quantitative estimate of drug-likeness (QED) is 0.488. The molecule has 1 aromatic heterocycles. The van der Waals surface area contributed by atoms with E-state index in [2.05, 4.69) is 85.6 Å². The monoisotopic (exact) mass is 371 g/mol. The zero-order chi connectivity index (χ0) is 20.5. The molecule has 1 aliphatic carbocycles. The molecular weight excluding hydrogens is 338 g/mol. The van der Waals surface area contributed by atoms with Crippen molar-refractivity contribution in [3.63, 3.8) is 0 Å². The number of hydrogen-bond acceptors (Lipinski definition) is 0. The van der Waals surface area contributed by atoms with Gasteiger partial charge in [-0.05, 0) is 111 Å². The number of H-pyrrole nitrogens is 1. The van der Waals surface area contributed by atoms with Gasteiger partial charge in [-0.1, -0.05) is 31.6 Å². The van der Waals surface area contributed by atoms with E-state index in [4.69, 9.17) is 0 Å². The van der Waals surface area contributed by atoms with Gasteiger partial charge in [0.2, 0.25) is 0 Å². The van der Waals surface area contributed by atoms with Crippen LogP contribution in [-0.4, -0.2) is 4.98 Å². The van der Waals surface area contributed by atoms with Gasteiger partial charge < -0.3 is 4.98 Å². The number of rotatable bonds is 2. The molecule has 0 saturated heterocycles. The topological polar surface area (TPSA) is 15.8 Å². The van der Waals surface area contributed by atoms with E-state index >= 15 is 0 Å². The predicted octanol–water partition coefficient (Wildman–Crippen LogP) is 7.24. The highest BCUT2D eigenvalue weighted by atomic mass is 14.7. The molecule has 1 N–H and O–H groups in total. The molecule has 0 bridgehead atoms. The molecule has 0 fully saturated rings. The fourth-order valence-electron chi connectivity index (χ4n) is 5.29. The summed E-state index contributed by atoms with van der Waals surface area (Å²) in [5, 5.41) is 1.42. The number of benzene rings is 2. The molecule has 28 heavy (non-hydrogen) atoms. The Kier molecular flexibility index (Phi) is 4.16. The molecule has 0 radical (unpaired) electrons. The second-order valence-corrected chi connectivity index (χ2v) is 9.46. The summed E-state index contributed by atoms with van der Waals surface area (Å²) in [6.45, 7) is 20.7. The Morgan fingerprint density at radius 1 is 0.786 bits per heavy atom. The summed E-state index contributed by atoms with van der Waals surface area (Å²) < 4.78 is 0. The second kappa shape index (κ2) is 6.11. The summed E-state index contributed by atoms with van der Waals surface area (Å²) in [6.07, 6.45) is 5.71. The lowest BCUT2D eigenvalue weighted by atomic mass is 9.72. The van der Waals surface area contributed by atoms with Crippen LogP contribution in [0, 0.1) is 48.5 Å². The van der Waals surface area contributed by atoms with Gasteiger partial charge in [-0.25, -0.2) is 0 Å². The van der Waals surface area contributed by atoms with Crippen molar-refractivity contribution >= 4 is 17.0 Å². The molecule has 0 atom stereocenters. The largest absolute Gasteiger partial charge is 0.361 e. The van der Waals surface area contributed by atoms with Crippen molar-refractivity contribution in [2.45, 2.75) is 74.1 Å². The lowest BCUT2D eigenvalue weighted by molar-refractivity contribution is 0.616. The van der Waals surface area contributed by atoms with E-state index < -0.39 is 0 Å². The van der Waals surface area contributed by atoms with Crippen molar-refractivity contribution in [1.82, 2.24) is 4.98 Å². The maximum absolute atomic E-state index is 3.55. The van der Waals surface area contributed by atoms with Gasteiger partial charge in [-0.15, -0.1) is 0 Å². The summed E-state index contributed by atoms with van der Waals surface area (Å²) in [4.78, 5) is 3.55. The molecule has 1 heteroatoms. The summed E-state index contributed by atoms with van der Waals surface area (Å²) in [5.41, 5.74) is 17.1. The van der Waals surface area contributed by atoms with E-state index in [-0.39, 0.29) is 5.41 Å². The Morgan fingerprint density at radius 3 is 2.14 bits per heavy atom. The number of nitrogens with one attached hydrogen (secondary N) is 1. The minimum Gasteiger partial charge on any atom is -0.361 e. The third-order valence-electron chi connectivity index (χ3n) is 7.62. The normalized spacial score (nSPS) is 14.0. The van der Waals surface area contributed by atoms with Gasteiger partial charge in [-0.3, -0.25) is 0 Å². The Balaban J connectivity index is 1.96. The third kappa shape index (κ3) is 2.45. The van der Waals surface area contributed by atoms with E-state index in [0.717, 1.165) is 6.42 Å². The summed E-state index contributed by atoms with van der Waals surface area (Å²) in [5.74, 6) is 0. The molecular formula is C27H33N. The first kappa shape index (κ1) is 19.1. The van der Waals surface area contributed by atoms with Crippen LogP contribution >= 0.6 is 0 Å². The minimum atomic E-state index is -0.0129. The van der Waals surface area contributed by atoms with E-state index in [1.807, 2.05) is 0 Å². The first-order valence-corrected chi connectivity index (χ1v) is 10.4. The maximum Gasteiger partial charge on any atom is 0.0492 e. The van der Waals surface area contributed by atoms with Crippen molar-refractivity contribution in [3.05, 3.63) is 73.5 Å². The van der Waals surface area contributed by atoms with Gasteiger partial charge in [0, 0.05) is 22.5 Å². The van der Waals surface area contributed by atoms with Gasteiger partial charge >= 0.3 is 0 Å². The second-order valence-electron chi connectivity index (χ2n) is 9.46. The van der Waals surface area contributed by atoms with Gasteiger partial charge in [0.15, 0.2) is 0 Å². The molecule has 146 valence electrons. The lowest BCUT2D eigenvalue weighted by Gasteiger charge is -2.32. The van der Waals surface area contributed by atoms with Gasteiger partial charge in [0.1, 0.15) is 0 Å². The number of allylic oxidation sites excluding steroid dienone is 1. The Labute approximate surface area is 169 Å². The van der Waals surface area contributed by atoms with Crippen LogP contribution in [0.3, 0.4) is 0 Å². The molecule has 0 spiro atoms. The van der Waals surface area contributed by atoms with Gasteiger partial charge in [0.25, 0.3) is 0 Å². The van der Waals surface area contributed by atoms with Crippen LogP contribution in [0.2, 0.25) is 0 Å². The minimum absolute atomic E-state index is 0.0129. The zero-order valence-corrected chi connectivity index (χ0v) is 18.9. The summed E-state index contributed by atoms with van der Waals surface area (Å²) >= 11 is 0. The highest BCUT2D eigenvalue weighted by Gasteiger charge is 2.34. The SMILES string of the molecule is Cc1cc2c(c(C)c1C)C=C(C(C)(C)c1c(C)c(C)c(C)c3[nH]cc(C)c13)C2. The summed E-state index contributed by atoms with van der Waals surface area (Å²) in [6, 6.07) is 2.40. The van der Waals surface area contributed by atoms with Crippen LogP contribution in [0.5, 0.6) is 0 Å². The van der Waals surface area contributed by atoms with E-state index in [9.17, 15) is 0 Å². The number of aryl methyl sites for hydroxylation is 3. The Bertz CT molecular complexity index is 1170. The molecule has 1 aliphatic rings. The third-order valence-corrected chi connectivity index (χ3v) is 7.62. The van der Waals surface area contributed by atoms with Gasteiger partial charge in [-0.2, -0.15) is 0 Å². The van der Waals surface area contributed by atoms with Crippen molar-refractivity contribution in [3.8, 4) is 0 Å². The molecule has 0 amide bonds. The summed E-state index contributed by atoms with van der Waals surface area (Å²) in [7, 11) is 0. The lowest BCUT2D eigenvalue weighted by Crippen LogP contribution is -2.23. The molecule has 1 nitrogen and oxygen atoms in total. The molecule has 0 aliphatic heterocycles.